The lowest BCUT2D eigenvalue weighted by molar-refractivity contribution is 0.181. The first-order valence-electron chi connectivity index (χ1n) is 7.76. The summed E-state index contributed by atoms with van der Waals surface area (Å²) in [4.78, 5) is 2.43. The summed E-state index contributed by atoms with van der Waals surface area (Å²) in [6, 6.07) is 6.03. The second-order valence-electron chi connectivity index (χ2n) is 6.31. The molecule has 1 aromatic rings. The fourth-order valence-corrected chi connectivity index (χ4v) is 2.90. The Labute approximate surface area is 122 Å². The van der Waals surface area contributed by atoms with Crippen molar-refractivity contribution in [2.24, 2.45) is 0 Å². The molecular formula is C17H27FN2. The van der Waals surface area contributed by atoms with Gasteiger partial charge in [0, 0.05) is 19.1 Å². The number of likely N-dealkylation sites (tertiary alicyclic amines) is 1. The maximum absolute atomic E-state index is 13.6. The van der Waals surface area contributed by atoms with Gasteiger partial charge in [0.2, 0.25) is 0 Å². The van der Waals surface area contributed by atoms with Gasteiger partial charge in [-0.1, -0.05) is 26.3 Å². The maximum atomic E-state index is 13.6. The van der Waals surface area contributed by atoms with E-state index in [4.69, 9.17) is 0 Å². The Bertz CT molecular complexity index is 431. The average molecular weight is 278 g/mol. The molecule has 0 bridgehead atoms. The number of nitrogens with one attached hydrogen (secondary N) is 1. The molecule has 0 amide bonds. The molecule has 1 fully saturated rings. The Morgan fingerprint density at radius 3 is 2.80 bits per heavy atom. The van der Waals surface area contributed by atoms with E-state index in [1.165, 1.54) is 25.8 Å². The van der Waals surface area contributed by atoms with Gasteiger partial charge in [-0.05, 0) is 55.6 Å². The minimum absolute atomic E-state index is 0.122. The van der Waals surface area contributed by atoms with E-state index >= 15 is 0 Å². The average Bonchev–Trinajstić information content (AvgIpc) is 2.40. The summed E-state index contributed by atoms with van der Waals surface area (Å²) in [5.41, 5.74) is 2.13. The highest BCUT2D eigenvalue weighted by molar-refractivity contribution is 5.26. The van der Waals surface area contributed by atoms with E-state index in [9.17, 15) is 4.39 Å². The van der Waals surface area contributed by atoms with Gasteiger partial charge in [0.15, 0.2) is 0 Å². The number of piperidine rings is 1. The van der Waals surface area contributed by atoms with Gasteiger partial charge in [-0.2, -0.15) is 0 Å². The molecule has 1 unspecified atom stereocenters. The number of likely N-dealkylation sites (N-methyl/N-ethyl adjacent to an activating group) is 1. The van der Waals surface area contributed by atoms with E-state index in [0.717, 1.165) is 24.2 Å². The number of rotatable bonds is 5. The molecule has 20 heavy (non-hydrogen) atoms. The Morgan fingerprint density at radius 1 is 1.30 bits per heavy atom. The van der Waals surface area contributed by atoms with Gasteiger partial charge in [0.25, 0.3) is 0 Å². The summed E-state index contributed by atoms with van der Waals surface area (Å²) in [5, 5.41) is 3.49. The van der Waals surface area contributed by atoms with Crippen molar-refractivity contribution in [3.8, 4) is 0 Å². The SMILES string of the molecule is CC(C)c1cc(F)cc(CNCC2CCCCN2C)c1. The van der Waals surface area contributed by atoms with Crippen LogP contribution < -0.4 is 5.32 Å². The van der Waals surface area contributed by atoms with Crippen molar-refractivity contribution in [2.45, 2.75) is 51.6 Å². The van der Waals surface area contributed by atoms with Crippen LogP contribution >= 0.6 is 0 Å². The Balaban J connectivity index is 1.87. The van der Waals surface area contributed by atoms with E-state index in [1.54, 1.807) is 12.1 Å². The first-order chi connectivity index (χ1) is 9.56. The highest BCUT2D eigenvalue weighted by Crippen LogP contribution is 2.18. The van der Waals surface area contributed by atoms with Crippen molar-refractivity contribution >= 4 is 0 Å². The van der Waals surface area contributed by atoms with Crippen LogP contribution in [0.3, 0.4) is 0 Å². The standard InChI is InChI=1S/C17H27FN2/c1-13(2)15-8-14(9-16(18)10-15)11-19-12-17-6-4-5-7-20(17)3/h8-10,13,17,19H,4-7,11-12H2,1-3H3. The third-order valence-electron chi connectivity index (χ3n) is 4.28. The Morgan fingerprint density at radius 2 is 2.10 bits per heavy atom. The Hall–Kier alpha value is -0.930. The molecule has 3 heteroatoms. The Kier molecular flexibility index (Phi) is 5.55. The van der Waals surface area contributed by atoms with E-state index in [0.29, 0.717) is 12.0 Å². The van der Waals surface area contributed by atoms with Crippen LogP contribution in [0.2, 0.25) is 0 Å². The third-order valence-corrected chi connectivity index (χ3v) is 4.28. The van der Waals surface area contributed by atoms with E-state index in [-0.39, 0.29) is 5.82 Å². The highest BCUT2D eigenvalue weighted by atomic mass is 19.1. The number of hydrogen-bond acceptors (Lipinski definition) is 2. The van der Waals surface area contributed by atoms with Crippen molar-refractivity contribution in [2.75, 3.05) is 20.1 Å². The molecule has 2 nitrogen and oxygen atoms in total. The van der Waals surface area contributed by atoms with Crippen molar-refractivity contribution in [3.63, 3.8) is 0 Å². The predicted molar refractivity (Wildman–Crippen MR) is 82.5 cm³/mol. The lowest BCUT2D eigenvalue weighted by atomic mass is 10.00. The van der Waals surface area contributed by atoms with Gasteiger partial charge < -0.3 is 10.2 Å². The van der Waals surface area contributed by atoms with Crippen LogP contribution in [0.5, 0.6) is 0 Å². The fraction of sp³-hybridized carbons (Fsp3) is 0.647. The first-order valence-corrected chi connectivity index (χ1v) is 7.76. The normalized spacial score (nSPS) is 20.6. The van der Waals surface area contributed by atoms with E-state index < -0.39 is 0 Å². The van der Waals surface area contributed by atoms with E-state index in [2.05, 4.69) is 37.2 Å². The second kappa shape index (κ2) is 7.19. The molecule has 1 aromatic carbocycles. The lowest BCUT2D eigenvalue weighted by Crippen LogP contribution is -2.42. The van der Waals surface area contributed by atoms with Crippen LogP contribution in [0.25, 0.3) is 0 Å². The topological polar surface area (TPSA) is 15.3 Å². The molecule has 2 rings (SSSR count). The van der Waals surface area contributed by atoms with Gasteiger partial charge in [-0.3, -0.25) is 0 Å². The van der Waals surface area contributed by atoms with Crippen molar-refractivity contribution in [3.05, 3.63) is 35.1 Å². The molecule has 1 aliphatic heterocycles. The first kappa shape index (κ1) is 15.5. The molecule has 112 valence electrons. The molecule has 1 N–H and O–H groups in total. The number of nitrogens with zero attached hydrogens (tertiary/aromatic N) is 1. The zero-order valence-corrected chi connectivity index (χ0v) is 13.0. The summed E-state index contributed by atoms with van der Waals surface area (Å²) >= 11 is 0. The van der Waals surface area contributed by atoms with Crippen LogP contribution in [0.15, 0.2) is 18.2 Å². The molecule has 1 heterocycles. The van der Waals surface area contributed by atoms with Gasteiger partial charge in [0.1, 0.15) is 5.82 Å². The molecule has 0 radical (unpaired) electrons. The third kappa shape index (κ3) is 4.29. The number of benzene rings is 1. The highest BCUT2D eigenvalue weighted by Gasteiger charge is 2.18. The molecule has 0 aliphatic carbocycles. The summed E-state index contributed by atoms with van der Waals surface area (Å²) in [6.45, 7) is 7.14. The summed E-state index contributed by atoms with van der Waals surface area (Å²) in [7, 11) is 2.20. The number of halogens is 1. The largest absolute Gasteiger partial charge is 0.311 e. The summed E-state index contributed by atoms with van der Waals surface area (Å²) in [6.07, 6.45) is 3.91. The van der Waals surface area contributed by atoms with Crippen LogP contribution in [0.4, 0.5) is 4.39 Å². The van der Waals surface area contributed by atoms with Crippen LogP contribution in [-0.2, 0) is 6.54 Å². The van der Waals surface area contributed by atoms with Gasteiger partial charge in [0.05, 0.1) is 0 Å². The molecular weight excluding hydrogens is 251 g/mol. The van der Waals surface area contributed by atoms with E-state index in [1.807, 2.05) is 0 Å². The zero-order valence-electron chi connectivity index (χ0n) is 13.0. The molecule has 1 atom stereocenters. The molecule has 1 aliphatic rings. The monoisotopic (exact) mass is 278 g/mol. The van der Waals surface area contributed by atoms with Crippen LogP contribution in [0.1, 0.15) is 50.2 Å². The van der Waals surface area contributed by atoms with Gasteiger partial charge in [-0.15, -0.1) is 0 Å². The smallest absolute Gasteiger partial charge is 0.123 e. The van der Waals surface area contributed by atoms with Gasteiger partial charge in [-0.25, -0.2) is 4.39 Å². The second-order valence-corrected chi connectivity index (χ2v) is 6.31. The van der Waals surface area contributed by atoms with Gasteiger partial charge >= 0.3 is 0 Å². The molecule has 1 saturated heterocycles. The fourth-order valence-electron chi connectivity index (χ4n) is 2.90. The molecule has 0 spiro atoms. The number of hydrogen-bond donors (Lipinski definition) is 1. The summed E-state index contributed by atoms with van der Waals surface area (Å²) < 4.78 is 13.6. The van der Waals surface area contributed by atoms with Crippen LogP contribution in [0, 0.1) is 5.82 Å². The van der Waals surface area contributed by atoms with Crippen molar-refractivity contribution in [1.29, 1.82) is 0 Å². The summed E-state index contributed by atoms with van der Waals surface area (Å²) in [5.74, 6) is 0.247. The zero-order chi connectivity index (χ0) is 14.5. The molecule has 0 saturated carbocycles. The molecule has 0 aromatic heterocycles. The lowest BCUT2D eigenvalue weighted by Gasteiger charge is -2.32. The minimum Gasteiger partial charge on any atom is -0.311 e. The minimum atomic E-state index is -0.122. The van der Waals surface area contributed by atoms with Crippen molar-refractivity contribution < 1.29 is 4.39 Å². The quantitative estimate of drug-likeness (QED) is 0.886. The van der Waals surface area contributed by atoms with Crippen molar-refractivity contribution in [1.82, 2.24) is 10.2 Å². The maximum Gasteiger partial charge on any atom is 0.123 e. The van der Waals surface area contributed by atoms with Crippen LogP contribution in [-0.4, -0.2) is 31.1 Å². The predicted octanol–water partition coefficient (Wildman–Crippen LogP) is 3.52.